The fraction of sp³-hybridized carbons (Fsp3) is 0.733. The summed E-state index contributed by atoms with van der Waals surface area (Å²) < 4.78 is 14.0. The van der Waals surface area contributed by atoms with Crippen molar-refractivity contribution in [1.82, 2.24) is 9.97 Å². The number of fused-ring (bicyclic) bond motifs is 2. The van der Waals surface area contributed by atoms with Crippen molar-refractivity contribution in [1.29, 1.82) is 0 Å². The Morgan fingerprint density at radius 2 is 2.10 bits per heavy atom. The molecule has 20 heavy (non-hydrogen) atoms. The molecule has 0 aliphatic heterocycles. The lowest BCUT2D eigenvalue weighted by atomic mass is 9.68. The second-order valence-electron chi connectivity index (χ2n) is 7.13. The summed E-state index contributed by atoms with van der Waals surface area (Å²) in [5.41, 5.74) is 0.412. The van der Waals surface area contributed by atoms with Crippen molar-refractivity contribution < 1.29 is 4.39 Å². The van der Waals surface area contributed by atoms with Crippen molar-refractivity contribution in [3.63, 3.8) is 0 Å². The highest BCUT2D eigenvalue weighted by atomic mass is 19.1. The van der Waals surface area contributed by atoms with Crippen LogP contribution in [0.2, 0.25) is 0 Å². The van der Waals surface area contributed by atoms with Gasteiger partial charge in [-0.15, -0.1) is 0 Å². The minimum Gasteiger partial charge on any atom is -0.364 e. The van der Waals surface area contributed by atoms with Crippen LogP contribution in [0.1, 0.15) is 40.0 Å². The van der Waals surface area contributed by atoms with Crippen LogP contribution < -0.4 is 10.6 Å². The first-order valence-corrected chi connectivity index (χ1v) is 7.33. The van der Waals surface area contributed by atoms with E-state index in [1.54, 1.807) is 7.05 Å². The molecule has 2 aliphatic rings. The fourth-order valence-corrected chi connectivity index (χ4v) is 4.39. The van der Waals surface area contributed by atoms with Crippen LogP contribution in [0, 0.1) is 22.6 Å². The van der Waals surface area contributed by atoms with Crippen LogP contribution in [-0.4, -0.2) is 23.1 Å². The first-order valence-electron chi connectivity index (χ1n) is 7.33. The molecule has 2 bridgehead atoms. The average molecular weight is 278 g/mol. The molecule has 3 rings (SSSR count). The van der Waals surface area contributed by atoms with Crippen LogP contribution in [0.5, 0.6) is 0 Å². The van der Waals surface area contributed by atoms with Crippen LogP contribution in [0.3, 0.4) is 0 Å². The smallest absolute Gasteiger partial charge is 0.224 e. The molecular formula is C15H23FN4. The molecule has 2 N–H and O–H groups in total. The molecule has 4 nitrogen and oxygen atoms in total. The van der Waals surface area contributed by atoms with Crippen molar-refractivity contribution in [2.24, 2.45) is 16.7 Å². The second kappa shape index (κ2) is 4.30. The van der Waals surface area contributed by atoms with E-state index < -0.39 is 0 Å². The van der Waals surface area contributed by atoms with Gasteiger partial charge in [-0.1, -0.05) is 20.8 Å². The van der Waals surface area contributed by atoms with Crippen molar-refractivity contribution in [2.75, 3.05) is 17.7 Å². The van der Waals surface area contributed by atoms with E-state index in [-0.39, 0.29) is 22.7 Å². The van der Waals surface area contributed by atoms with Gasteiger partial charge in [0.25, 0.3) is 0 Å². The molecule has 0 amide bonds. The van der Waals surface area contributed by atoms with Crippen LogP contribution in [0.25, 0.3) is 0 Å². The predicted molar refractivity (Wildman–Crippen MR) is 78.2 cm³/mol. The Hall–Kier alpha value is -1.39. The molecule has 2 aliphatic carbocycles. The highest BCUT2D eigenvalue weighted by Crippen LogP contribution is 2.63. The molecule has 1 aromatic rings. The Labute approximate surface area is 119 Å². The molecule has 0 radical (unpaired) electrons. The first kappa shape index (κ1) is 13.6. The Morgan fingerprint density at radius 3 is 2.70 bits per heavy atom. The average Bonchev–Trinajstić information content (AvgIpc) is 2.88. The molecule has 3 unspecified atom stereocenters. The van der Waals surface area contributed by atoms with Gasteiger partial charge in [0.15, 0.2) is 11.6 Å². The summed E-state index contributed by atoms with van der Waals surface area (Å²) in [6.07, 6.45) is 4.95. The van der Waals surface area contributed by atoms with Crippen LogP contribution >= 0.6 is 0 Å². The largest absolute Gasteiger partial charge is 0.364 e. The van der Waals surface area contributed by atoms with E-state index >= 15 is 0 Å². The second-order valence-corrected chi connectivity index (χ2v) is 7.13. The van der Waals surface area contributed by atoms with Gasteiger partial charge >= 0.3 is 0 Å². The third-order valence-corrected chi connectivity index (χ3v) is 5.52. The number of halogens is 1. The van der Waals surface area contributed by atoms with Crippen molar-refractivity contribution >= 4 is 11.8 Å². The maximum Gasteiger partial charge on any atom is 0.224 e. The number of hydrogen-bond acceptors (Lipinski definition) is 4. The summed E-state index contributed by atoms with van der Waals surface area (Å²) in [6.45, 7) is 6.90. The zero-order chi connectivity index (χ0) is 14.5. The normalized spacial score (nSPS) is 34.2. The van der Waals surface area contributed by atoms with E-state index in [0.29, 0.717) is 11.8 Å². The van der Waals surface area contributed by atoms with E-state index in [9.17, 15) is 4.39 Å². The summed E-state index contributed by atoms with van der Waals surface area (Å²) >= 11 is 0. The summed E-state index contributed by atoms with van der Waals surface area (Å²) in [7, 11) is 1.74. The molecule has 1 heterocycles. The van der Waals surface area contributed by atoms with Crippen LogP contribution in [0.15, 0.2) is 6.20 Å². The number of nitrogens with zero attached hydrogens (tertiary/aromatic N) is 2. The van der Waals surface area contributed by atoms with E-state index in [1.165, 1.54) is 25.5 Å². The summed E-state index contributed by atoms with van der Waals surface area (Å²) in [5, 5.41) is 6.23. The lowest BCUT2D eigenvalue weighted by molar-refractivity contribution is 0.155. The number of hydrogen-bond donors (Lipinski definition) is 2. The number of anilines is 2. The van der Waals surface area contributed by atoms with Gasteiger partial charge < -0.3 is 10.6 Å². The summed E-state index contributed by atoms with van der Waals surface area (Å²) in [6, 6.07) is 0.253. The van der Waals surface area contributed by atoms with Crippen molar-refractivity contribution in [3.05, 3.63) is 12.0 Å². The molecule has 1 aromatic heterocycles. The zero-order valence-electron chi connectivity index (χ0n) is 12.6. The topological polar surface area (TPSA) is 49.8 Å². The number of nitrogens with one attached hydrogen (secondary N) is 2. The lowest BCUT2D eigenvalue weighted by Gasteiger charge is -2.43. The summed E-state index contributed by atoms with van der Waals surface area (Å²) in [4.78, 5) is 8.12. The Balaban J connectivity index is 1.91. The van der Waals surface area contributed by atoms with Gasteiger partial charge in [-0.05, 0) is 36.0 Å². The van der Waals surface area contributed by atoms with Crippen molar-refractivity contribution in [2.45, 2.75) is 46.1 Å². The standard InChI is InChI=1S/C15H23FN4/c1-14(2)9-5-6-15(3,7-9)12(14)19-11-10(16)8-18-13(17-4)20-11/h8-9,12H,5-7H2,1-4H3,(H2,17,18,19,20). The van der Waals surface area contributed by atoms with E-state index in [4.69, 9.17) is 0 Å². The number of aromatic nitrogens is 2. The fourth-order valence-electron chi connectivity index (χ4n) is 4.39. The third kappa shape index (κ3) is 1.86. The predicted octanol–water partition coefficient (Wildman–Crippen LogP) is 3.28. The quantitative estimate of drug-likeness (QED) is 0.891. The van der Waals surface area contributed by atoms with Gasteiger partial charge in [0.1, 0.15) is 0 Å². The maximum atomic E-state index is 14.0. The van der Waals surface area contributed by atoms with E-state index in [0.717, 1.165) is 5.92 Å². The molecular weight excluding hydrogens is 255 g/mol. The maximum absolute atomic E-state index is 14.0. The van der Waals surface area contributed by atoms with Gasteiger partial charge in [-0.2, -0.15) is 4.98 Å². The zero-order valence-corrected chi connectivity index (χ0v) is 12.6. The molecule has 5 heteroatoms. The lowest BCUT2D eigenvalue weighted by Crippen LogP contribution is -2.46. The van der Waals surface area contributed by atoms with E-state index in [1.807, 2.05) is 0 Å². The molecule has 0 saturated heterocycles. The third-order valence-electron chi connectivity index (χ3n) is 5.52. The molecule has 0 spiro atoms. The number of rotatable bonds is 3. The van der Waals surface area contributed by atoms with Gasteiger partial charge in [-0.25, -0.2) is 9.37 Å². The van der Waals surface area contributed by atoms with Crippen LogP contribution in [-0.2, 0) is 0 Å². The molecule has 0 aromatic carbocycles. The Morgan fingerprint density at radius 1 is 1.35 bits per heavy atom. The van der Waals surface area contributed by atoms with Gasteiger partial charge in [0.05, 0.1) is 6.20 Å². The van der Waals surface area contributed by atoms with Gasteiger partial charge in [0, 0.05) is 13.1 Å². The molecule has 3 atom stereocenters. The highest BCUT2D eigenvalue weighted by molar-refractivity contribution is 5.43. The molecule has 110 valence electrons. The highest BCUT2D eigenvalue weighted by Gasteiger charge is 2.59. The monoisotopic (exact) mass is 278 g/mol. The Kier molecular flexibility index (Phi) is 2.92. The SMILES string of the molecule is CNc1ncc(F)c(NC2C3(C)CCC(C3)C2(C)C)n1. The molecule has 2 saturated carbocycles. The molecule has 2 fully saturated rings. The van der Waals surface area contributed by atoms with Gasteiger partial charge in [-0.3, -0.25) is 0 Å². The van der Waals surface area contributed by atoms with Crippen molar-refractivity contribution in [3.8, 4) is 0 Å². The minimum absolute atomic E-state index is 0.171. The first-order chi connectivity index (χ1) is 9.37. The van der Waals surface area contributed by atoms with E-state index in [2.05, 4.69) is 41.4 Å². The van der Waals surface area contributed by atoms with Crippen LogP contribution in [0.4, 0.5) is 16.2 Å². The Bertz CT molecular complexity index is 526. The van der Waals surface area contributed by atoms with Gasteiger partial charge in [0.2, 0.25) is 5.95 Å². The summed E-state index contributed by atoms with van der Waals surface area (Å²) in [5.74, 6) is 1.10. The minimum atomic E-state index is -0.383.